The van der Waals surface area contributed by atoms with Crippen LogP contribution in [-0.2, 0) is 39.0 Å². The Morgan fingerprint density at radius 1 is 0.899 bits per heavy atom. The molecule has 0 saturated carbocycles. The number of carbonyl (C=O) groups excluding carboxylic acids is 3. The van der Waals surface area contributed by atoms with Gasteiger partial charge in [-0.2, -0.15) is 15.1 Å². The van der Waals surface area contributed by atoms with Gasteiger partial charge >= 0.3 is 12.1 Å². The highest BCUT2D eigenvalue weighted by Crippen LogP contribution is 2.45. The van der Waals surface area contributed by atoms with E-state index in [0.717, 1.165) is 106 Å². The summed E-state index contributed by atoms with van der Waals surface area (Å²) in [5.41, 5.74) is 3.97. The molecular formula is C59H69F2N11O7. The zero-order valence-corrected chi connectivity index (χ0v) is 45.2. The first-order chi connectivity index (χ1) is 38.4. The maximum Gasteiger partial charge on any atom is 0.409 e. The number of phenolic OH excluding ortho intramolecular Hbond substituents is 1. The molecule has 6 aromatic rings. The number of aromatic nitrogens is 5. The fraction of sp³-hybridized carbons (Fsp3) is 0.542. The van der Waals surface area contributed by atoms with Gasteiger partial charge in [0.1, 0.15) is 41.8 Å². The first-order valence-corrected chi connectivity index (χ1v) is 28.7. The summed E-state index contributed by atoms with van der Waals surface area (Å²) in [7, 11) is 1.91. The molecule has 18 nitrogen and oxygen atoms in total. The molecule has 3 aromatic heterocycles. The van der Waals surface area contributed by atoms with Gasteiger partial charge in [-0.25, -0.2) is 18.6 Å². The number of rotatable bonds is 11. The Morgan fingerprint density at radius 2 is 1.75 bits per heavy atom. The number of halogens is 2. The van der Waals surface area contributed by atoms with Crippen LogP contribution < -0.4 is 19.9 Å². The van der Waals surface area contributed by atoms with Crippen LogP contribution in [0.2, 0.25) is 0 Å². The molecule has 3 aromatic carbocycles. The summed E-state index contributed by atoms with van der Waals surface area (Å²) in [4.78, 5) is 64.4. The number of fused-ring (bicyclic) bond motifs is 5. The molecule has 10 heterocycles. The van der Waals surface area contributed by atoms with Crippen molar-refractivity contribution in [2.75, 3.05) is 95.1 Å². The number of amides is 3. The van der Waals surface area contributed by atoms with Crippen LogP contribution in [0.15, 0.2) is 42.5 Å². The lowest BCUT2D eigenvalue weighted by atomic mass is 9.92. The molecule has 6 saturated heterocycles. The summed E-state index contributed by atoms with van der Waals surface area (Å²) < 4.78 is 53.6. The van der Waals surface area contributed by atoms with E-state index in [2.05, 4.69) is 43.1 Å². The van der Waals surface area contributed by atoms with E-state index in [4.69, 9.17) is 34.3 Å². The Morgan fingerprint density at radius 3 is 2.57 bits per heavy atom. The Balaban J connectivity index is 0.638. The first-order valence-electron chi connectivity index (χ1n) is 28.7. The van der Waals surface area contributed by atoms with Crippen LogP contribution in [0.1, 0.15) is 94.0 Å². The van der Waals surface area contributed by atoms with E-state index < -0.39 is 17.6 Å². The Labute approximate surface area is 457 Å². The molecule has 3 amide bonds. The molecule has 7 aliphatic rings. The number of ether oxygens (including phenoxy) is 3. The number of phenols is 1. The average Bonchev–Trinajstić information content (AvgIpc) is 4.25. The number of benzene rings is 3. The number of pyridine rings is 1. The second-order valence-electron chi connectivity index (χ2n) is 23.1. The lowest BCUT2D eigenvalue weighted by Crippen LogP contribution is -2.51. The van der Waals surface area contributed by atoms with Gasteiger partial charge in [-0.1, -0.05) is 13.0 Å². The topological polar surface area (TPSA) is 184 Å². The number of imide groups is 1. The smallest absolute Gasteiger partial charge is 0.409 e. The van der Waals surface area contributed by atoms with Crippen LogP contribution >= 0.6 is 0 Å². The van der Waals surface area contributed by atoms with Crippen LogP contribution in [-0.4, -0.2) is 165 Å². The molecule has 6 fully saturated rings. The van der Waals surface area contributed by atoms with Crippen molar-refractivity contribution in [1.29, 1.82) is 0 Å². The van der Waals surface area contributed by atoms with E-state index in [9.17, 15) is 19.5 Å². The monoisotopic (exact) mass is 1080 g/mol. The van der Waals surface area contributed by atoms with E-state index in [1.165, 1.54) is 12.1 Å². The Bertz CT molecular complexity index is 3380. The summed E-state index contributed by atoms with van der Waals surface area (Å²) in [6, 6.07) is 12.5. The van der Waals surface area contributed by atoms with E-state index in [1.807, 2.05) is 23.6 Å². The highest BCUT2D eigenvalue weighted by atomic mass is 19.1. The van der Waals surface area contributed by atoms with Gasteiger partial charge in [0.05, 0.1) is 46.4 Å². The van der Waals surface area contributed by atoms with Crippen molar-refractivity contribution in [3.8, 4) is 23.0 Å². The van der Waals surface area contributed by atoms with Crippen molar-refractivity contribution in [2.45, 2.75) is 108 Å². The van der Waals surface area contributed by atoms with Gasteiger partial charge in [0, 0.05) is 95.1 Å². The highest BCUT2D eigenvalue weighted by Gasteiger charge is 2.50. The molecule has 0 bridgehead atoms. The normalized spacial score (nSPS) is 24.3. The van der Waals surface area contributed by atoms with Crippen LogP contribution in [0.4, 0.5) is 25.1 Å². The summed E-state index contributed by atoms with van der Waals surface area (Å²) >= 11 is 0. The number of piperazine rings is 1. The molecule has 79 heavy (non-hydrogen) atoms. The number of nitrogens with zero attached hydrogens (tertiary/aromatic N) is 10. The fourth-order valence-corrected chi connectivity index (χ4v) is 14.3. The summed E-state index contributed by atoms with van der Waals surface area (Å²) in [6.07, 6.45) is 8.58. The third-order valence-electron chi connectivity index (χ3n) is 18.5. The molecule has 0 aliphatic carbocycles. The molecule has 4 atom stereocenters. The minimum Gasteiger partial charge on any atom is -0.508 e. The number of nitrogens with one attached hydrogen (secondary N) is 1. The third-order valence-corrected chi connectivity index (χ3v) is 18.5. The van der Waals surface area contributed by atoms with Crippen molar-refractivity contribution in [2.24, 2.45) is 13.0 Å². The molecule has 0 radical (unpaired) electrons. The molecule has 13 rings (SSSR count). The van der Waals surface area contributed by atoms with Gasteiger partial charge < -0.3 is 34.0 Å². The van der Waals surface area contributed by atoms with Crippen molar-refractivity contribution in [3.63, 3.8) is 0 Å². The molecule has 416 valence electrons. The standard InChI is InChI=1S/C59H69F2N11O7/c1-3-41-45(60)11-6-36-28-40(73)30-44(49(36)41)53-51(61)54-50-46(62-53)12-8-38-32-77-27-5-19-71(38)55(50)65-57(64-54)79-34-59-17-4-20-72(59)39(14-18-59)33-78-58(76)70-25-23-68(24-26-70)31-35-15-21-69(22-16-35)37-7-9-42-47(29-37)67(2)66-52(42)43-10-13-48(74)63-56(43)75/h6-7,9,11,28-30,35,38-39,43,73H,3-5,8,10,12-27,31-34H2,1-2H3,(H,63,74,75)/t38-,39-,43?,59-/m0/s1. The first kappa shape index (κ1) is 51.7. The lowest BCUT2D eigenvalue weighted by Gasteiger charge is -2.39. The summed E-state index contributed by atoms with van der Waals surface area (Å²) in [5, 5.41) is 20.7. The molecule has 20 heteroatoms. The van der Waals surface area contributed by atoms with Crippen molar-refractivity contribution in [1.82, 2.24) is 44.7 Å². The lowest BCUT2D eigenvalue weighted by molar-refractivity contribution is -0.134. The van der Waals surface area contributed by atoms with Gasteiger partial charge in [0.15, 0.2) is 5.82 Å². The van der Waals surface area contributed by atoms with Gasteiger partial charge in [0.2, 0.25) is 11.8 Å². The van der Waals surface area contributed by atoms with Gasteiger partial charge in [-0.3, -0.25) is 29.4 Å². The SMILES string of the molecule is CCc1c(F)ccc2cc(O)cc(-c3nc4c5c(nc(OC[C@@]67CCCN6[C@H](COC(=O)N6CCN(CC8CCN(c9ccc%10c(C%11CCC(=O)NC%11=O)nn(C)c%10c9)CC8)CC6)CC7)nc5c3F)N3CCCOC[C@@H]3CC4)c12. The van der Waals surface area contributed by atoms with Crippen LogP contribution in [0.5, 0.6) is 11.8 Å². The quantitative estimate of drug-likeness (QED) is 0.122. The van der Waals surface area contributed by atoms with Crippen molar-refractivity contribution in [3.05, 3.63) is 71.1 Å². The summed E-state index contributed by atoms with van der Waals surface area (Å²) in [6.45, 7) is 10.8. The molecular weight excluding hydrogens is 1010 g/mol. The second kappa shape index (κ2) is 21.0. The molecule has 1 unspecified atom stereocenters. The maximum atomic E-state index is 17.6. The minimum atomic E-state index is -0.681. The molecule has 2 N–H and O–H groups in total. The predicted octanol–water partition coefficient (Wildman–Crippen LogP) is 7.39. The van der Waals surface area contributed by atoms with Crippen LogP contribution in [0.25, 0.3) is 43.8 Å². The number of aromatic hydroxyl groups is 1. The third kappa shape index (κ3) is 9.53. The zero-order chi connectivity index (χ0) is 54.1. The Kier molecular flexibility index (Phi) is 13.8. The van der Waals surface area contributed by atoms with E-state index in [1.54, 1.807) is 12.1 Å². The number of hydrogen-bond donors (Lipinski definition) is 2. The fourth-order valence-electron chi connectivity index (χ4n) is 14.3. The number of aryl methyl sites for hydroxylation is 3. The van der Waals surface area contributed by atoms with Gasteiger partial charge in [0.25, 0.3) is 0 Å². The number of carbonyl (C=O) groups is 3. The van der Waals surface area contributed by atoms with E-state index in [0.29, 0.717) is 116 Å². The minimum absolute atomic E-state index is 0.000353. The summed E-state index contributed by atoms with van der Waals surface area (Å²) in [5.74, 6) is -0.954. The van der Waals surface area contributed by atoms with Crippen LogP contribution in [0.3, 0.4) is 0 Å². The van der Waals surface area contributed by atoms with Gasteiger partial charge in [-0.15, -0.1) is 0 Å². The predicted molar refractivity (Wildman–Crippen MR) is 293 cm³/mol. The van der Waals surface area contributed by atoms with Crippen LogP contribution in [0, 0.1) is 17.6 Å². The van der Waals surface area contributed by atoms with Gasteiger partial charge in [-0.05, 0) is 136 Å². The largest absolute Gasteiger partial charge is 0.508 e. The number of hydrogen-bond acceptors (Lipinski definition) is 15. The number of piperidine rings is 2. The molecule has 0 spiro atoms. The highest BCUT2D eigenvalue weighted by molar-refractivity contribution is 6.04. The van der Waals surface area contributed by atoms with Crippen molar-refractivity contribution < 1.29 is 42.5 Å². The van der Waals surface area contributed by atoms with E-state index >= 15 is 8.78 Å². The van der Waals surface area contributed by atoms with E-state index in [-0.39, 0.29) is 65.1 Å². The Hall–Kier alpha value is -6.77. The average molecular weight is 1080 g/mol. The zero-order valence-electron chi connectivity index (χ0n) is 45.2. The second-order valence-corrected chi connectivity index (χ2v) is 23.1. The molecule has 7 aliphatic heterocycles. The number of anilines is 2. The maximum absolute atomic E-state index is 17.6. The van der Waals surface area contributed by atoms with Crippen molar-refractivity contribution >= 4 is 62.0 Å².